The molecule has 4 nitrogen and oxygen atoms in total. The Labute approximate surface area is 163 Å². The fourth-order valence-electron chi connectivity index (χ4n) is 2.54. The summed E-state index contributed by atoms with van der Waals surface area (Å²) in [7, 11) is 1.40. The monoisotopic (exact) mass is 379 g/mol. The number of pyridine rings is 1. The Balaban J connectivity index is 1.54. The third-order valence-corrected chi connectivity index (χ3v) is 4.97. The number of thioether (sulfide) groups is 1. The van der Waals surface area contributed by atoms with Gasteiger partial charge in [0.05, 0.1) is 12.9 Å². The fraction of sp³-hybridized carbons (Fsp3) is 0.182. The number of carbonyl (C=O) groups is 1. The minimum atomic E-state index is -0.206. The minimum Gasteiger partial charge on any atom is -0.489 e. The Hall–Kier alpha value is -2.79. The van der Waals surface area contributed by atoms with Crippen LogP contribution in [0.5, 0.6) is 5.75 Å². The van der Waals surface area contributed by atoms with Gasteiger partial charge in [0.25, 0.3) is 0 Å². The van der Waals surface area contributed by atoms with Gasteiger partial charge in [-0.3, -0.25) is 9.78 Å². The molecule has 0 radical (unpaired) electrons. The molecular weight excluding hydrogens is 358 g/mol. The first-order chi connectivity index (χ1) is 13.2. The third kappa shape index (κ3) is 5.86. The van der Waals surface area contributed by atoms with E-state index in [-0.39, 0.29) is 5.97 Å². The molecule has 0 fully saturated rings. The van der Waals surface area contributed by atoms with Crippen molar-refractivity contribution in [1.82, 2.24) is 4.98 Å². The third-order valence-electron chi connectivity index (χ3n) is 3.99. The first-order valence-electron chi connectivity index (χ1n) is 8.60. The molecule has 0 spiro atoms. The topological polar surface area (TPSA) is 48.4 Å². The maximum absolute atomic E-state index is 11.2. The summed E-state index contributed by atoms with van der Waals surface area (Å²) in [6.07, 6.45) is 3.59. The Morgan fingerprint density at radius 1 is 0.963 bits per heavy atom. The van der Waals surface area contributed by atoms with Gasteiger partial charge in [0.15, 0.2) is 0 Å². The second kappa shape index (κ2) is 9.78. The number of benzene rings is 2. The van der Waals surface area contributed by atoms with Gasteiger partial charge in [-0.15, -0.1) is 11.8 Å². The minimum absolute atomic E-state index is 0.206. The Morgan fingerprint density at radius 3 is 2.44 bits per heavy atom. The van der Waals surface area contributed by atoms with E-state index in [1.165, 1.54) is 18.9 Å². The molecular formula is C22H21NO3S. The first kappa shape index (κ1) is 19.0. The van der Waals surface area contributed by atoms with Gasteiger partial charge < -0.3 is 9.47 Å². The summed E-state index contributed by atoms with van der Waals surface area (Å²) < 4.78 is 10.6. The summed E-state index contributed by atoms with van der Waals surface area (Å²) in [6.45, 7) is 0.509. The van der Waals surface area contributed by atoms with E-state index in [9.17, 15) is 4.79 Å². The Kier molecular flexibility index (Phi) is 6.88. The van der Waals surface area contributed by atoms with Crippen LogP contribution < -0.4 is 4.74 Å². The number of nitrogens with zero attached hydrogens (tertiary/aromatic N) is 1. The molecule has 0 aliphatic carbocycles. The van der Waals surface area contributed by atoms with Crippen molar-refractivity contribution in [2.45, 2.75) is 12.4 Å². The largest absolute Gasteiger partial charge is 0.489 e. The van der Waals surface area contributed by atoms with Gasteiger partial charge in [-0.2, -0.15) is 0 Å². The predicted molar refractivity (Wildman–Crippen MR) is 109 cm³/mol. The number of methoxy groups -OCH3 is 1. The Morgan fingerprint density at radius 2 is 1.70 bits per heavy atom. The molecule has 0 saturated heterocycles. The van der Waals surface area contributed by atoms with Gasteiger partial charge in [-0.05, 0) is 46.5 Å². The van der Waals surface area contributed by atoms with Crippen molar-refractivity contribution < 1.29 is 14.3 Å². The van der Waals surface area contributed by atoms with Crippen molar-refractivity contribution >= 4 is 17.7 Å². The second-order valence-electron chi connectivity index (χ2n) is 5.94. The van der Waals surface area contributed by atoms with E-state index in [0.29, 0.717) is 12.4 Å². The molecule has 0 atom stereocenters. The smallest absolute Gasteiger partial charge is 0.315 e. The highest BCUT2D eigenvalue weighted by atomic mass is 32.2. The molecule has 3 rings (SSSR count). The van der Waals surface area contributed by atoms with Crippen LogP contribution in [0.4, 0.5) is 0 Å². The molecule has 0 aliphatic heterocycles. The van der Waals surface area contributed by atoms with Crippen LogP contribution in [0, 0.1) is 0 Å². The maximum atomic E-state index is 11.2. The average molecular weight is 379 g/mol. The van der Waals surface area contributed by atoms with E-state index in [0.717, 1.165) is 33.8 Å². The van der Waals surface area contributed by atoms with Crippen LogP contribution in [-0.2, 0) is 21.9 Å². The Bertz CT molecular complexity index is 866. The first-order valence-corrected chi connectivity index (χ1v) is 9.76. The lowest BCUT2D eigenvalue weighted by molar-refractivity contribution is -0.137. The lowest BCUT2D eigenvalue weighted by Crippen LogP contribution is -2.03. The average Bonchev–Trinajstić information content (AvgIpc) is 2.73. The standard InChI is InChI=1S/C22H21NO3S/c1-25-22(24)16-27-15-18-3-2-4-21(13-18)26-14-17-5-7-19(8-6-17)20-9-11-23-12-10-20/h2-13H,14-16H2,1H3. The van der Waals surface area contributed by atoms with E-state index in [4.69, 9.17) is 4.74 Å². The van der Waals surface area contributed by atoms with Crippen LogP contribution in [0.3, 0.4) is 0 Å². The van der Waals surface area contributed by atoms with Gasteiger partial charge >= 0.3 is 5.97 Å². The van der Waals surface area contributed by atoms with Crippen LogP contribution >= 0.6 is 11.8 Å². The molecule has 0 bridgehead atoms. The molecule has 0 amide bonds. The quantitative estimate of drug-likeness (QED) is 0.529. The zero-order valence-electron chi connectivity index (χ0n) is 15.1. The zero-order valence-corrected chi connectivity index (χ0v) is 15.9. The van der Waals surface area contributed by atoms with E-state index in [1.807, 2.05) is 36.4 Å². The molecule has 1 aromatic heterocycles. The number of carbonyl (C=O) groups excluding carboxylic acids is 1. The SMILES string of the molecule is COC(=O)CSCc1cccc(OCc2ccc(-c3ccncc3)cc2)c1. The normalized spacial score (nSPS) is 10.4. The number of esters is 1. The van der Waals surface area contributed by atoms with Crippen molar-refractivity contribution in [3.05, 3.63) is 84.2 Å². The molecule has 2 aromatic carbocycles. The highest BCUT2D eigenvalue weighted by molar-refractivity contribution is 7.99. The van der Waals surface area contributed by atoms with Crippen molar-refractivity contribution in [1.29, 1.82) is 0 Å². The number of rotatable bonds is 8. The summed E-state index contributed by atoms with van der Waals surface area (Å²) >= 11 is 1.53. The van der Waals surface area contributed by atoms with Crippen LogP contribution in [0.2, 0.25) is 0 Å². The van der Waals surface area contributed by atoms with E-state index in [2.05, 4.69) is 34.0 Å². The number of ether oxygens (including phenoxy) is 2. The van der Waals surface area contributed by atoms with Crippen LogP contribution in [-0.4, -0.2) is 23.8 Å². The van der Waals surface area contributed by atoms with Crippen LogP contribution in [0.15, 0.2) is 73.1 Å². The van der Waals surface area contributed by atoms with Gasteiger partial charge in [0.1, 0.15) is 12.4 Å². The molecule has 5 heteroatoms. The van der Waals surface area contributed by atoms with Crippen LogP contribution in [0.1, 0.15) is 11.1 Å². The molecule has 0 saturated carbocycles. The van der Waals surface area contributed by atoms with Crippen molar-refractivity contribution in [2.24, 2.45) is 0 Å². The lowest BCUT2D eigenvalue weighted by atomic mass is 10.1. The summed E-state index contributed by atoms with van der Waals surface area (Å²) in [5, 5.41) is 0. The number of aromatic nitrogens is 1. The molecule has 0 unspecified atom stereocenters. The molecule has 3 aromatic rings. The molecule has 138 valence electrons. The predicted octanol–water partition coefficient (Wildman–Crippen LogP) is 4.73. The molecule has 0 N–H and O–H groups in total. The summed E-state index contributed by atoms with van der Waals surface area (Å²) in [4.78, 5) is 15.2. The number of hydrogen-bond donors (Lipinski definition) is 0. The van der Waals surface area contributed by atoms with Crippen molar-refractivity contribution in [2.75, 3.05) is 12.9 Å². The number of hydrogen-bond acceptors (Lipinski definition) is 5. The fourth-order valence-corrected chi connectivity index (χ4v) is 3.34. The summed E-state index contributed by atoms with van der Waals surface area (Å²) in [6, 6.07) is 20.3. The highest BCUT2D eigenvalue weighted by Gasteiger charge is 2.03. The van der Waals surface area contributed by atoms with Crippen molar-refractivity contribution in [3.63, 3.8) is 0 Å². The highest BCUT2D eigenvalue weighted by Crippen LogP contribution is 2.21. The van der Waals surface area contributed by atoms with E-state index in [1.54, 1.807) is 12.4 Å². The van der Waals surface area contributed by atoms with Gasteiger partial charge in [0.2, 0.25) is 0 Å². The molecule has 27 heavy (non-hydrogen) atoms. The van der Waals surface area contributed by atoms with Crippen LogP contribution in [0.25, 0.3) is 11.1 Å². The van der Waals surface area contributed by atoms with Gasteiger partial charge in [-0.1, -0.05) is 36.4 Å². The van der Waals surface area contributed by atoms with Gasteiger partial charge in [-0.25, -0.2) is 0 Å². The summed E-state index contributed by atoms with van der Waals surface area (Å²) in [5.41, 5.74) is 4.54. The summed E-state index contributed by atoms with van der Waals surface area (Å²) in [5.74, 6) is 1.71. The van der Waals surface area contributed by atoms with Gasteiger partial charge in [0, 0.05) is 18.1 Å². The van der Waals surface area contributed by atoms with E-state index < -0.39 is 0 Å². The van der Waals surface area contributed by atoms with E-state index >= 15 is 0 Å². The zero-order chi connectivity index (χ0) is 18.9. The second-order valence-corrected chi connectivity index (χ2v) is 6.92. The molecule has 0 aliphatic rings. The maximum Gasteiger partial charge on any atom is 0.315 e. The van der Waals surface area contributed by atoms with Crippen molar-refractivity contribution in [3.8, 4) is 16.9 Å². The lowest BCUT2D eigenvalue weighted by Gasteiger charge is -2.09. The molecule has 1 heterocycles.